The van der Waals surface area contributed by atoms with Crippen molar-refractivity contribution in [1.29, 1.82) is 0 Å². The standard InChI is InChI=1S/C22H23NO4/c1-14(2)21(16-7-8-19-20(12-16)26-10-9-25-19)23-22(24)17-11-15-5-3-4-6-18(15)27-13-17/h3-8,11-12,14,21H,9-10,13H2,1-2H3,(H,23,24)/t21-/m1/s1. The minimum absolute atomic E-state index is 0.113. The summed E-state index contributed by atoms with van der Waals surface area (Å²) >= 11 is 0. The molecule has 1 amide bonds. The topological polar surface area (TPSA) is 56.8 Å². The summed E-state index contributed by atoms with van der Waals surface area (Å²) < 4.78 is 17.0. The summed E-state index contributed by atoms with van der Waals surface area (Å²) in [5.41, 5.74) is 2.55. The molecule has 0 fully saturated rings. The molecule has 2 heterocycles. The van der Waals surface area contributed by atoms with Gasteiger partial charge in [0.05, 0.1) is 11.6 Å². The zero-order valence-corrected chi connectivity index (χ0v) is 15.5. The van der Waals surface area contributed by atoms with E-state index >= 15 is 0 Å². The van der Waals surface area contributed by atoms with Crippen LogP contribution in [-0.2, 0) is 4.79 Å². The van der Waals surface area contributed by atoms with Crippen molar-refractivity contribution in [2.24, 2.45) is 5.92 Å². The first-order chi connectivity index (χ1) is 13.1. The number of carbonyl (C=O) groups excluding carboxylic acids is 1. The van der Waals surface area contributed by atoms with Crippen molar-refractivity contribution in [3.05, 3.63) is 59.2 Å². The number of amides is 1. The Balaban J connectivity index is 1.56. The number of para-hydroxylation sites is 1. The summed E-state index contributed by atoms with van der Waals surface area (Å²) in [6, 6.07) is 13.4. The lowest BCUT2D eigenvalue weighted by Gasteiger charge is -2.26. The molecule has 0 saturated heterocycles. The molecule has 1 N–H and O–H groups in total. The molecule has 0 spiro atoms. The molecule has 4 rings (SSSR count). The molecule has 0 unspecified atom stereocenters. The number of rotatable bonds is 4. The van der Waals surface area contributed by atoms with Crippen LogP contribution in [0.25, 0.3) is 6.08 Å². The van der Waals surface area contributed by atoms with Gasteiger partial charge in [0.1, 0.15) is 25.6 Å². The van der Waals surface area contributed by atoms with E-state index in [9.17, 15) is 4.79 Å². The summed E-state index contributed by atoms with van der Waals surface area (Å²) in [6.07, 6.45) is 1.90. The minimum atomic E-state index is -0.133. The molecule has 27 heavy (non-hydrogen) atoms. The van der Waals surface area contributed by atoms with E-state index in [1.165, 1.54) is 0 Å². The Bertz CT molecular complexity index is 888. The van der Waals surface area contributed by atoms with Gasteiger partial charge in [-0.25, -0.2) is 0 Å². The highest BCUT2D eigenvalue weighted by atomic mass is 16.6. The smallest absolute Gasteiger partial charge is 0.251 e. The average Bonchev–Trinajstić information content (AvgIpc) is 2.71. The molecule has 0 bridgehead atoms. The maximum absolute atomic E-state index is 12.9. The second-order valence-electron chi connectivity index (χ2n) is 7.09. The van der Waals surface area contributed by atoms with Crippen LogP contribution in [0.5, 0.6) is 17.2 Å². The normalized spacial score (nSPS) is 16.0. The van der Waals surface area contributed by atoms with Crippen LogP contribution in [0.1, 0.15) is 31.0 Å². The predicted molar refractivity (Wildman–Crippen MR) is 103 cm³/mol. The van der Waals surface area contributed by atoms with E-state index in [2.05, 4.69) is 19.2 Å². The maximum atomic E-state index is 12.9. The van der Waals surface area contributed by atoms with Crippen molar-refractivity contribution in [2.45, 2.75) is 19.9 Å². The van der Waals surface area contributed by atoms with Crippen molar-refractivity contribution in [3.8, 4) is 17.2 Å². The first-order valence-electron chi connectivity index (χ1n) is 9.24. The van der Waals surface area contributed by atoms with Crippen LogP contribution in [0.3, 0.4) is 0 Å². The number of ether oxygens (including phenoxy) is 3. The van der Waals surface area contributed by atoms with Gasteiger partial charge in [0.25, 0.3) is 5.91 Å². The van der Waals surface area contributed by atoms with Crippen molar-refractivity contribution >= 4 is 12.0 Å². The quantitative estimate of drug-likeness (QED) is 0.897. The molecule has 0 radical (unpaired) electrons. The van der Waals surface area contributed by atoms with E-state index in [0.717, 1.165) is 28.4 Å². The third-order valence-electron chi connectivity index (χ3n) is 4.80. The van der Waals surface area contributed by atoms with Gasteiger partial charge in [-0.1, -0.05) is 38.1 Å². The van der Waals surface area contributed by atoms with Gasteiger partial charge >= 0.3 is 0 Å². The van der Waals surface area contributed by atoms with Crippen molar-refractivity contribution in [2.75, 3.05) is 19.8 Å². The summed E-state index contributed by atoms with van der Waals surface area (Å²) in [6.45, 7) is 5.55. The summed E-state index contributed by atoms with van der Waals surface area (Å²) in [5, 5.41) is 3.16. The summed E-state index contributed by atoms with van der Waals surface area (Å²) in [5.74, 6) is 2.39. The number of carbonyl (C=O) groups is 1. The maximum Gasteiger partial charge on any atom is 0.251 e. The van der Waals surface area contributed by atoms with Gasteiger partial charge in [-0.3, -0.25) is 4.79 Å². The summed E-state index contributed by atoms with van der Waals surface area (Å²) in [7, 11) is 0. The van der Waals surface area contributed by atoms with E-state index in [1.807, 2.05) is 48.5 Å². The van der Waals surface area contributed by atoms with Gasteiger partial charge in [0.2, 0.25) is 0 Å². The van der Waals surface area contributed by atoms with Gasteiger partial charge < -0.3 is 19.5 Å². The second-order valence-corrected chi connectivity index (χ2v) is 7.09. The molecule has 0 aliphatic carbocycles. The van der Waals surface area contributed by atoms with Crippen LogP contribution in [0, 0.1) is 5.92 Å². The SMILES string of the molecule is CC(C)[C@@H](NC(=O)C1=Cc2ccccc2OC1)c1ccc2c(c1)OCCO2. The molecular weight excluding hydrogens is 342 g/mol. The van der Waals surface area contributed by atoms with Gasteiger partial charge in [0.15, 0.2) is 11.5 Å². The van der Waals surface area contributed by atoms with Crippen LogP contribution < -0.4 is 19.5 Å². The number of hydrogen-bond donors (Lipinski definition) is 1. The molecule has 140 valence electrons. The number of nitrogens with one attached hydrogen (secondary N) is 1. The lowest BCUT2D eigenvalue weighted by Crippen LogP contribution is -2.34. The highest BCUT2D eigenvalue weighted by molar-refractivity contribution is 5.99. The second kappa shape index (κ2) is 7.35. The summed E-state index contributed by atoms with van der Waals surface area (Å²) in [4.78, 5) is 12.9. The Morgan fingerprint density at radius 2 is 1.74 bits per heavy atom. The Morgan fingerprint density at radius 3 is 2.56 bits per heavy atom. The number of benzene rings is 2. The van der Waals surface area contributed by atoms with Gasteiger partial charge in [-0.15, -0.1) is 0 Å². The van der Waals surface area contributed by atoms with Crippen LogP contribution in [0.4, 0.5) is 0 Å². The highest BCUT2D eigenvalue weighted by Crippen LogP contribution is 2.34. The Kier molecular flexibility index (Phi) is 4.75. The minimum Gasteiger partial charge on any atom is -0.488 e. The lowest BCUT2D eigenvalue weighted by molar-refractivity contribution is -0.118. The van der Waals surface area contributed by atoms with Gasteiger partial charge in [0, 0.05) is 5.56 Å². The first-order valence-corrected chi connectivity index (χ1v) is 9.24. The van der Waals surface area contributed by atoms with Gasteiger partial charge in [-0.05, 0) is 35.8 Å². The van der Waals surface area contributed by atoms with Crippen molar-refractivity contribution in [3.63, 3.8) is 0 Å². The lowest BCUT2D eigenvalue weighted by atomic mass is 9.95. The van der Waals surface area contributed by atoms with Crippen molar-refractivity contribution < 1.29 is 19.0 Å². The molecule has 2 aliphatic heterocycles. The van der Waals surface area contributed by atoms with E-state index in [4.69, 9.17) is 14.2 Å². The molecule has 5 heteroatoms. The number of fused-ring (bicyclic) bond motifs is 2. The van der Waals surface area contributed by atoms with E-state index < -0.39 is 0 Å². The van der Waals surface area contributed by atoms with Gasteiger partial charge in [-0.2, -0.15) is 0 Å². The zero-order valence-electron chi connectivity index (χ0n) is 15.5. The van der Waals surface area contributed by atoms with Crippen molar-refractivity contribution in [1.82, 2.24) is 5.32 Å². The average molecular weight is 365 g/mol. The van der Waals surface area contributed by atoms with E-state index in [0.29, 0.717) is 18.8 Å². The predicted octanol–water partition coefficient (Wildman–Crippen LogP) is 3.75. The molecule has 1 atom stereocenters. The molecule has 0 saturated carbocycles. The fourth-order valence-electron chi connectivity index (χ4n) is 3.37. The highest BCUT2D eigenvalue weighted by Gasteiger charge is 2.24. The fraction of sp³-hybridized carbons (Fsp3) is 0.318. The molecule has 2 aliphatic rings. The van der Waals surface area contributed by atoms with Crippen LogP contribution >= 0.6 is 0 Å². The van der Waals surface area contributed by atoms with Crippen LogP contribution in [0.2, 0.25) is 0 Å². The molecule has 2 aromatic rings. The largest absolute Gasteiger partial charge is 0.488 e. The third-order valence-corrected chi connectivity index (χ3v) is 4.80. The van der Waals surface area contributed by atoms with E-state index in [-0.39, 0.29) is 24.5 Å². The Hall–Kier alpha value is -2.95. The molecule has 5 nitrogen and oxygen atoms in total. The fourth-order valence-corrected chi connectivity index (χ4v) is 3.37. The number of hydrogen-bond acceptors (Lipinski definition) is 4. The molecular formula is C22H23NO4. The molecule has 0 aromatic heterocycles. The Labute approximate surface area is 158 Å². The Morgan fingerprint density at radius 1 is 0.963 bits per heavy atom. The van der Waals surface area contributed by atoms with E-state index in [1.54, 1.807) is 0 Å². The molecule has 2 aromatic carbocycles. The third kappa shape index (κ3) is 3.63. The first kappa shape index (κ1) is 17.5. The van der Waals surface area contributed by atoms with Crippen LogP contribution in [-0.4, -0.2) is 25.7 Å². The monoisotopic (exact) mass is 365 g/mol. The zero-order chi connectivity index (χ0) is 18.8. The van der Waals surface area contributed by atoms with Crippen LogP contribution in [0.15, 0.2) is 48.0 Å².